The van der Waals surface area contributed by atoms with Gasteiger partial charge in [0.05, 0.1) is 0 Å². The summed E-state index contributed by atoms with van der Waals surface area (Å²) < 4.78 is 0. The molecule has 2 atom stereocenters. The van der Waals surface area contributed by atoms with Crippen LogP contribution in [0.15, 0.2) is 0 Å². The maximum absolute atomic E-state index is 9.77. The van der Waals surface area contributed by atoms with Crippen molar-refractivity contribution in [2.75, 3.05) is 26.2 Å². The number of aliphatic hydroxyl groups excluding tert-OH is 1. The van der Waals surface area contributed by atoms with Gasteiger partial charge < -0.3 is 10.0 Å². The van der Waals surface area contributed by atoms with Gasteiger partial charge in [0.1, 0.15) is 0 Å². The second kappa shape index (κ2) is 5.94. The van der Waals surface area contributed by atoms with Crippen molar-refractivity contribution in [3.8, 4) is 0 Å². The Kier molecular flexibility index (Phi) is 4.79. The third kappa shape index (κ3) is 3.62. The van der Waals surface area contributed by atoms with E-state index in [1.54, 1.807) is 0 Å². The smallest absolute Gasteiger partial charge is 0.0499 e. The first-order valence-electron chi connectivity index (χ1n) is 7.12. The molecule has 1 aliphatic carbocycles. The number of hydrogen-bond donors (Lipinski definition) is 1. The van der Waals surface area contributed by atoms with E-state index in [0.29, 0.717) is 6.61 Å². The lowest BCUT2D eigenvalue weighted by Crippen LogP contribution is -2.48. The Morgan fingerprint density at radius 2 is 1.71 bits per heavy atom. The van der Waals surface area contributed by atoms with E-state index in [9.17, 15) is 5.11 Å². The molecule has 0 aromatic heterocycles. The average molecular weight is 257 g/mol. The molecule has 0 aromatic carbocycles. The third-order valence-electron chi connectivity index (χ3n) is 4.30. The van der Waals surface area contributed by atoms with Gasteiger partial charge >= 0.3 is 0 Å². The van der Waals surface area contributed by atoms with Crippen LogP contribution < -0.4 is 0 Å². The first kappa shape index (κ1) is 13.7. The van der Waals surface area contributed by atoms with Crippen LogP contribution >= 0.6 is 11.8 Å². The molecule has 0 aromatic rings. The van der Waals surface area contributed by atoms with Gasteiger partial charge in [0.2, 0.25) is 0 Å². The van der Waals surface area contributed by atoms with Crippen LogP contribution in [0.25, 0.3) is 0 Å². The molecule has 1 aliphatic heterocycles. The molecule has 1 saturated heterocycles. The summed E-state index contributed by atoms with van der Waals surface area (Å²) >= 11 is 2.11. The summed E-state index contributed by atoms with van der Waals surface area (Å²) in [6.45, 7) is 8.59. The van der Waals surface area contributed by atoms with Gasteiger partial charge in [-0.2, -0.15) is 11.8 Å². The van der Waals surface area contributed by atoms with Crippen molar-refractivity contribution in [3.63, 3.8) is 0 Å². The fraction of sp³-hybridized carbons (Fsp3) is 1.00. The molecule has 2 nitrogen and oxygen atoms in total. The van der Waals surface area contributed by atoms with E-state index in [2.05, 4.69) is 30.5 Å². The van der Waals surface area contributed by atoms with E-state index >= 15 is 0 Å². The molecular formula is C14H27NOS. The molecular weight excluding hydrogens is 230 g/mol. The zero-order valence-corrected chi connectivity index (χ0v) is 12.1. The van der Waals surface area contributed by atoms with Crippen LogP contribution in [0.1, 0.15) is 46.0 Å². The lowest BCUT2D eigenvalue weighted by atomic mass is 9.74. The summed E-state index contributed by atoms with van der Waals surface area (Å²) in [6.07, 6.45) is 6.46. The summed E-state index contributed by atoms with van der Waals surface area (Å²) in [4.78, 5) is 2.60. The first-order valence-corrected chi connectivity index (χ1v) is 8.06. The molecule has 100 valence electrons. The minimum atomic E-state index is 0.222. The highest BCUT2D eigenvalue weighted by atomic mass is 32.2. The Labute approximate surface area is 110 Å². The van der Waals surface area contributed by atoms with E-state index in [1.807, 2.05) is 0 Å². The summed E-state index contributed by atoms with van der Waals surface area (Å²) in [6, 6.07) is 0. The van der Waals surface area contributed by atoms with Gasteiger partial charge in [0, 0.05) is 42.2 Å². The van der Waals surface area contributed by atoms with Crippen LogP contribution in [-0.4, -0.2) is 46.7 Å². The van der Waals surface area contributed by atoms with Crippen molar-refractivity contribution in [1.82, 2.24) is 4.90 Å². The predicted octanol–water partition coefficient (Wildman–Crippen LogP) is 2.76. The Balaban J connectivity index is 1.93. The predicted molar refractivity (Wildman–Crippen MR) is 75.6 cm³/mol. The average Bonchev–Trinajstić information content (AvgIpc) is 2.29. The van der Waals surface area contributed by atoms with E-state index in [4.69, 9.17) is 0 Å². The fourth-order valence-electron chi connectivity index (χ4n) is 3.56. The molecule has 0 amide bonds. The highest BCUT2D eigenvalue weighted by molar-refractivity contribution is 8.00. The topological polar surface area (TPSA) is 23.5 Å². The van der Waals surface area contributed by atoms with Crippen molar-refractivity contribution in [2.24, 2.45) is 5.41 Å². The van der Waals surface area contributed by atoms with E-state index in [1.165, 1.54) is 45.2 Å². The molecule has 2 fully saturated rings. The standard InChI is InChI=1S/C14H27NOS/c1-12-8-15(9-13(2)17-12)10-14(11-16)6-4-3-5-7-14/h12-13,16H,3-11H2,1-2H3. The summed E-state index contributed by atoms with van der Waals surface area (Å²) in [7, 11) is 0. The molecule has 0 spiro atoms. The van der Waals surface area contributed by atoms with Crippen LogP contribution in [0.3, 0.4) is 0 Å². The molecule has 17 heavy (non-hydrogen) atoms. The van der Waals surface area contributed by atoms with Gasteiger partial charge in [-0.1, -0.05) is 33.1 Å². The molecule has 1 N–H and O–H groups in total. The molecule has 2 aliphatic rings. The summed E-state index contributed by atoms with van der Waals surface area (Å²) in [5.74, 6) is 0. The minimum absolute atomic E-state index is 0.222. The number of nitrogens with zero attached hydrogens (tertiary/aromatic N) is 1. The van der Waals surface area contributed by atoms with Crippen LogP contribution in [0.4, 0.5) is 0 Å². The number of aliphatic hydroxyl groups is 1. The second-order valence-corrected chi connectivity index (χ2v) is 8.05. The monoisotopic (exact) mass is 257 g/mol. The Morgan fingerprint density at radius 3 is 2.24 bits per heavy atom. The van der Waals surface area contributed by atoms with Crippen molar-refractivity contribution in [2.45, 2.75) is 56.5 Å². The Morgan fingerprint density at radius 1 is 1.12 bits per heavy atom. The minimum Gasteiger partial charge on any atom is -0.396 e. The fourth-order valence-corrected chi connectivity index (χ4v) is 4.94. The number of hydrogen-bond acceptors (Lipinski definition) is 3. The highest BCUT2D eigenvalue weighted by Gasteiger charge is 2.35. The summed E-state index contributed by atoms with van der Waals surface area (Å²) in [5, 5.41) is 11.3. The zero-order valence-electron chi connectivity index (χ0n) is 11.3. The van der Waals surface area contributed by atoms with E-state index in [-0.39, 0.29) is 5.41 Å². The number of thioether (sulfide) groups is 1. The molecule has 1 saturated carbocycles. The van der Waals surface area contributed by atoms with Crippen molar-refractivity contribution in [3.05, 3.63) is 0 Å². The maximum Gasteiger partial charge on any atom is 0.0499 e. The number of rotatable bonds is 3. The van der Waals surface area contributed by atoms with Gasteiger partial charge in [-0.05, 0) is 12.8 Å². The van der Waals surface area contributed by atoms with Crippen LogP contribution in [0.2, 0.25) is 0 Å². The first-order chi connectivity index (χ1) is 8.13. The van der Waals surface area contributed by atoms with Gasteiger partial charge in [0.15, 0.2) is 0 Å². The van der Waals surface area contributed by atoms with Gasteiger partial charge in [-0.15, -0.1) is 0 Å². The molecule has 0 bridgehead atoms. The van der Waals surface area contributed by atoms with Crippen molar-refractivity contribution < 1.29 is 5.11 Å². The molecule has 2 unspecified atom stereocenters. The van der Waals surface area contributed by atoms with Crippen LogP contribution in [0, 0.1) is 5.41 Å². The summed E-state index contributed by atoms with van der Waals surface area (Å²) in [5.41, 5.74) is 0.222. The van der Waals surface area contributed by atoms with E-state index in [0.717, 1.165) is 17.0 Å². The highest BCUT2D eigenvalue weighted by Crippen LogP contribution is 2.38. The molecule has 2 rings (SSSR count). The van der Waals surface area contributed by atoms with Crippen molar-refractivity contribution in [1.29, 1.82) is 0 Å². The zero-order chi connectivity index (χ0) is 12.3. The largest absolute Gasteiger partial charge is 0.396 e. The molecule has 3 heteroatoms. The van der Waals surface area contributed by atoms with Gasteiger partial charge in [-0.3, -0.25) is 0 Å². The normalized spacial score (nSPS) is 34.8. The Bertz CT molecular complexity index is 230. The molecule has 0 radical (unpaired) electrons. The Hall–Kier alpha value is 0.270. The van der Waals surface area contributed by atoms with Crippen molar-refractivity contribution >= 4 is 11.8 Å². The van der Waals surface area contributed by atoms with E-state index < -0.39 is 0 Å². The van der Waals surface area contributed by atoms with Crippen LogP contribution in [-0.2, 0) is 0 Å². The molecule has 1 heterocycles. The third-order valence-corrected chi connectivity index (χ3v) is 5.53. The lowest BCUT2D eigenvalue weighted by molar-refractivity contribution is 0.0399. The quantitative estimate of drug-likeness (QED) is 0.841. The maximum atomic E-state index is 9.77. The second-order valence-electron chi connectivity index (χ2n) is 6.17. The SMILES string of the molecule is CC1CN(CC2(CO)CCCCC2)CC(C)S1. The van der Waals surface area contributed by atoms with Gasteiger partial charge in [0.25, 0.3) is 0 Å². The van der Waals surface area contributed by atoms with Gasteiger partial charge in [-0.25, -0.2) is 0 Å². The van der Waals surface area contributed by atoms with Crippen LogP contribution in [0.5, 0.6) is 0 Å². The lowest BCUT2D eigenvalue weighted by Gasteiger charge is -2.43.